The Bertz CT molecular complexity index is 2350. The van der Waals surface area contributed by atoms with Crippen LogP contribution in [0.15, 0.2) is 124 Å². The van der Waals surface area contributed by atoms with E-state index in [1.165, 1.54) is 17.4 Å². The minimum Gasteiger partial charge on any atom is -0.340 e. The zero-order valence-electron chi connectivity index (χ0n) is 25.6. The lowest BCUT2D eigenvalue weighted by molar-refractivity contribution is -0.113. The second-order valence-electron chi connectivity index (χ2n) is 11.5. The molecule has 0 unspecified atom stereocenters. The highest BCUT2D eigenvalue weighted by Gasteiger charge is 2.32. The van der Waals surface area contributed by atoms with Crippen LogP contribution in [0.2, 0.25) is 0 Å². The normalized spacial score (nSPS) is 14.8. The van der Waals surface area contributed by atoms with Gasteiger partial charge in [-0.15, -0.1) is 0 Å². The Hall–Kier alpha value is -5.34. The SMILES string of the molecule is CC1=C(C(=O)Nc2ccccc2)[C@@H](c2ccc(C)cc2)n2c(s/c(=C\c3c(C)n(Cc4ccccc4F)c4ccccc34)c2=O)=N1. The number of aromatic nitrogens is 2. The lowest BCUT2D eigenvalue weighted by Crippen LogP contribution is -2.40. The molecule has 0 saturated heterocycles. The third-order valence-corrected chi connectivity index (χ3v) is 9.52. The number of amides is 1. The molecule has 3 heterocycles. The van der Waals surface area contributed by atoms with Crippen molar-refractivity contribution in [3.63, 3.8) is 0 Å². The van der Waals surface area contributed by atoms with E-state index < -0.39 is 6.04 Å². The van der Waals surface area contributed by atoms with Crippen molar-refractivity contribution < 1.29 is 9.18 Å². The van der Waals surface area contributed by atoms with Crippen molar-refractivity contribution in [3.05, 3.63) is 168 Å². The van der Waals surface area contributed by atoms with Gasteiger partial charge in [-0.3, -0.25) is 14.2 Å². The maximum atomic E-state index is 14.7. The second-order valence-corrected chi connectivity index (χ2v) is 12.5. The van der Waals surface area contributed by atoms with E-state index in [2.05, 4.69) is 9.88 Å². The summed E-state index contributed by atoms with van der Waals surface area (Å²) in [6.07, 6.45) is 1.91. The highest BCUT2D eigenvalue weighted by Crippen LogP contribution is 2.32. The summed E-state index contributed by atoms with van der Waals surface area (Å²) in [5.41, 5.74) is 6.67. The van der Waals surface area contributed by atoms with Crippen LogP contribution in [0.3, 0.4) is 0 Å². The number of fused-ring (bicyclic) bond motifs is 2. The van der Waals surface area contributed by atoms with Crippen LogP contribution < -0.4 is 20.2 Å². The number of thiazole rings is 1. The van der Waals surface area contributed by atoms with Crippen LogP contribution in [0.25, 0.3) is 17.0 Å². The van der Waals surface area contributed by atoms with Crippen molar-refractivity contribution in [3.8, 4) is 0 Å². The maximum absolute atomic E-state index is 14.7. The molecule has 4 aromatic carbocycles. The number of rotatable bonds is 6. The Labute approximate surface area is 269 Å². The molecule has 0 aliphatic carbocycles. The fourth-order valence-electron chi connectivity index (χ4n) is 6.17. The Kier molecular flexibility index (Phi) is 7.58. The van der Waals surface area contributed by atoms with Gasteiger partial charge in [-0.1, -0.05) is 95.8 Å². The summed E-state index contributed by atoms with van der Waals surface area (Å²) in [6.45, 7) is 6.18. The number of anilines is 1. The molecule has 0 bridgehead atoms. The van der Waals surface area contributed by atoms with Gasteiger partial charge in [-0.05, 0) is 56.7 Å². The number of para-hydroxylation sites is 2. The van der Waals surface area contributed by atoms with E-state index >= 15 is 0 Å². The van der Waals surface area contributed by atoms with E-state index in [1.54, 1.807) is 16.7 Å². The van der Waals surface area contributed by atoms with E-state index in [1.807, 2.05) is 112 Å². The topological polar surface area (TPSA) is 68.4 Å². The van der Waals surface area contributed by atoms with Crippen molar-refractivity contribution in [2.24, 2.45) is 4.99 Å². The number of nitrogens with zero attached hydrogens (tertiary/aromatic N) is 3. The van der Waals surface area contributed by atoms with Gasteiger partial charge in [0.15, 0.2) is 4.80 Å². The molecule has 1 aliphatic rings. The van der Waals surface area contributed by atoms with E-state index in [-0.39, 0.29) is 17.3 Å². The first-order valence-electron chi connectivity index (χ1n) is 15.1. The third kappa shape index (κ3) is 5.20. The molecule has 1 aliphatic heterocycles. The number of hydrogen-bond donors (Lipinski definition) is 1. The molecule has 2 aromatic heterocycles. The number of carbonyl (C=O) groups is 1. The molecule has 1 amide bonds. The Morgan fingerprint density at radius 1 is 0.913 bits per heavy atom. The Morgan fingerprint density at radius 3 is 2.37 bits per heavy atom. The smallest absolute Gasteiger partial charge is 0.271 e. The van der Waals surface area contributed by atoms with Gasteiger partial charge in [-0.25, -0.2) is 9.38 Å². The first-order chi connectivity index (χ1) is 22.3. The van der Waals surface area contributed by atoms with Gasteiger partial charge in [0, 0.05) is 33.4 Å². The minimum atomic E-state index is -0.661. The van der Waals surface area contributed by atoms with Crippen molar-refractivity contribution in [2.75, 3.05) is 5.32 Å². The number of aryl methyl sites for hydroxylation is 1. The van der Waals surface area contributed by atoms with Crippen LogP contribution in [0.4, 0.5) is 10.1 Å². The predicted octanol–water partition coefficient (Wildman–Crippen LogP) is 6.63. The number of hydrogen-bond acceptors (Lipinski definition) is 4. The van der Waals surface area contributed by atoms with Gasteiger partial charge < -0.3 is 9.88 Å². The number of halogens is 1. The maximum Gasteiger partial charge on any atom is 0.271 e. The molecule has 228 valence electrons. The number of allylic oxidation sites excluding steroid dienone is 1. The molecule has 0 radical (unpaired) electrons. The highest BCUT2D eigenvalue weighted by molar-refractivity contribution is 7.07. The fraction of sp³-hybridized carbons (Fsp3) is 0.132. The largest absolute Gasteiger partial charge is 0.340 e. The van der Waals surface area contributed by atoms with Gasteiger partial charge in [-0.2, -0.15) is 0 Å². The van der Waals surface area contributed by atoms with Crippen LogP contribution in [0.5, 0.6) is 0 Å². The summed E-state index contributed by atoms with van der Waals surface area (Å²) in [4.78, 5) is 33.5. The molecule has 0 saturated carbocycles. The first-order valence-corrected chi connectivity index (χ1v) is 15.9. The monoisotopic (exact) mass is 626 g/mol. The lowest BCUT2D eigenvalue weighted by atomic mass is 9.94. The summed E-state index contributed by atoms with van der Waals surface area (Å²) < 4.78 is 18.9. The standard InChI is InChI=1S/C38H31FN4O2S/c1-23-17-19-26(20-18-23)35-34(36(44)41-28-12-5-4-6-13-28)24(2)40-38-43(35)37(45)33(46-38)21-30-25(3)42(32-16-10-8-14-29(30)32)22-27-11-7-9-15-31(27)39/h4-21,35H,22H2,1-3H3,(H,41,44)/b33-21-/t35-/m1/s1. The molecule has 6 aromatic rings. The summed E-state index contributed by atoms with van der Waals surface area (Å²) in [5.74, 6) is -0.563. The molecule has 0 spiro atoms. The van der Waals surface area contributed by atoms with Gasteiger partial charge in [0.05, 0.1) is 28.4 Å². The number of benzene rings is 4. The summed E-state index contributed by atoms with van der Waals surface area (Å²) in [5, 5.41) is 3.97. The molecule has 46 heavy (non-hydrogen) atoms. The van der Waals surface area contributed by atoms with E-state index in [4.69, 9.17) is 4.99 Å². The van der Waals surface area contributed by atoms with E-state index in [0.717, 1.165) is 33.3 Å². The molecule has 7 rings (SSSR count). The first kappa shape index (κ1) is 29.4. The molecule has 0 fully saturated rings. The highest BCUT2D eigenvalue weighted by atomic mass is 32.1. The summed E-state index contributed by atoms with van der Waals surface area (Å²) >= 11 is 1.31. The zero-order valence-corrected chi connectivity index (χ0v) is 26.4. The zero-order chi connectivity index (χ0) is 31.9. The molecule has 8 heteroatoms. The summed E-state index contributed by atoms with van der Waals surface area (Å²) in [7, 11) is 0. The van der Waals surface area contributed by atoms with E-state index in [0.29, 0.717) is 38.4 Å². The third-order valence-electron chi connectivity index (χ3n) is 8.53. The molecular formula is C38H31FN4O2S. The average molecular weight is 627 g/mol. The van der Waals surface area contributed by atoms with Gasteiger partial charge >= 0.3 is 0 Å². The molecule has 1 atom stereocenters. The van der Waals surface area contributed by atoms with Crippen molar-refractivity contribution in [2.45, 2.75) is 33.4 Å². The number of carbonyl (C=O) groups excluding carboxylic acids is 1. The lowest BCUT2D eigenvalue weighted by Gasteiger charge is -2.25. The van der Waals surface area contributed by atoms with Crippen LogP contribution >= 0.6 is 11.3 Å². The molecule has 1 N–H and O–H groups in total. The molecule has 6 nitrogen and oxygen atoms in total. The summed E-state index contributed by atoms with van der Waals surface area (Å²) in [6, 6.07) is 31.3. The van der Waals surface area contributed by atoms with Crippen molar-refractivity contribution in [1.29, 1.82) is 0 Å². The van der Waals surface area contributed by atoms with E-state index in [9.17, 15) is 14.0 Å². The minimum absolute atomic E-state index is 0.225. The van der Waals surface area contributed by atoms with Crippen molar-refractivity contribution >= 4 is 39.9 Å². The Balaban J connectivity index is 1.39. The average Bonchev–Trinajstić information content (AvgIpc) is 3.50. The van der Waals surface area contributed by atoms with Crippen LogP contribution in [-0.2, 0) is 11.3 Å². The van der Waals surface area contributed by atoms with Crippen LogP contribution in [0.1, 0.15) is 40.9 Å². The van der Waals surface area contributed by atoms with Crippen LogP contribution in [0, 0.1) is 19.7 Å². The van der Waals surface area contributed by atoms with Gasteiger partial charge in [0.2, 0.25) is 0 Å². The van der Waals surface area contributed by atoms with Crippen LogP contribution in [-0.4, -0.2) is 15.0 Å². The quantitative estimate of drug-likeness (QED) is 0.226. The van der Waals surface area contributed by atoms with Gasteiger partial charge in [0.25, 0.3) is 11.5 Å². The van der Waals surface area contributed by atoms with Crippen molar-refractivity contribution in [1.82, 2.24) is 9.13 Å². The molecular weight excluding hydrogens is 596 g/mol. The van der Waals surface area contributed by atoms with Gasteiger partial charge in [0.1, 0.15) is 5.82 Å². The number of nitrogens with one attached hydrogen (secondary N) is 1. The fourth-order valence-corrected chi connectivity index (χ4v) is 7.20. The Morgan fingerprint density at radius 2 is 1.61 bits per heavy atom. The second kappa shape index (κ2) is 11.9. The predicted molar refractivity (Wildman–Crippen MR) is 182 cm³/mol.